The van der Waals surface area contributed by atoms with Gasteiger partial charge >= 0.3 is 0 Å². The minimum Gasteiger partial charge on any atom is -0.370 e. The summed E-state index contributed by atoms with van der Waals surface area (Å²) >= 11 is 0. The van der Waals surface area contributed by atoms with Gasteiger partial charge in [0, 0.05) is 26.1 Å². The smallest absolute Gasteiger partial charge is 0.228 e. The number of nitrogens with zero attached hydrogens (tertiary/aromatic N) is 2. The van der Waals surface area contributed by atoms with Crippen LogP contribution in [0.2, 0.25) is 0 Å². The minimum absolute atomic E-state index is 0.258. The maximum absolute atomic E-state index is 5.53. The molecule has 0 radical (unpaired) electrons. The standard InChI is InChI=1S/C12H19N3O2/c1-16-12(6-2-7-12)11-14-10(17-15-11)5-8-13-9-3-4-9/h9,13H,2-8H2,1H3. The molecule has 0 saturated heterocycles. The van der Waals surface area contributed by atoms with E-state index in [4.69, 9.17) is 9.26 Å². The Hall–Kier alpha value is -0.940. The van der Waals surface area contributed by atoms with Gasteiger partial charge in [0.25, 0.3) is 0 Å². The minimum atomic E-state index is -0.258. The van der Waals surface area contributed by atoms with Gasteiger partial charge in [-0.15, -0.1) is 0 Å². The molecule has 0 bridgehead atoms. The zero-order chi connectivity index (χ0) is 11.7. The van der Waals surface area contributed by atoms with E-state index in [1.165, 1.54) is 19.3 Å². The van der Waals surface area contributed by atoms with E-state index >= 15 is 0 Å². The summed E-state index contributed by atoms with van der Waals surface area (Å²) in [6, 6.07) is 0.731. The van der Waals surface area contributed by atoms with Crippen molar-refractivity contribution in [2.45, 2.75) is 50.2 Å². The SMILES string of the molecule is COC1(c2noc(CCNC3CC3)n2)CCC1. The second-order valence-electron chi connectivity index (χ2n) is 5.04. The molecule has 1 aromatic heterocycles. The Morgan fingerprint density at radius 2 is 2.29 bits per heavy atom. The average Bonchev–Trinajstić information content (AvgIpc) is 2.97. The van der Waals surface area contributed by atoms with E-state index in [-0.39, 0.29) is 5.60 Å². The van der Waals surface area contributed by atoms with Crippen LogP contribution in [0.3, 0.4) is 0 Å². The molecule has 0 atom stereocenters. The van der Waals surface area contributed by atoms with Crippen molar-refractivity contribution >= 4 is 0 Å². The van der Waals surface area contributed by atoms with Crippen LogP contribution in [-0.2, 0) is 16.8 Å². The first kappa shape index (κ1) is 11.2. The summed E-state index contributed by atoms with van der Waals surface area (Å²) in [6.45, 7) is 0.923. The van der Waals surface area contributed by atoms with Crippen molar-refractivity contribution < 1.29 is 9.26 Å². The van der Waals surface area contributed by atoms with E-state index in [1.54, 1.807) is 7.11 Å². The fourth-order valence-electron chi connectivity index (χ4n) is 2.23. The first-order valence-corrected chi connectivity index (χ1v) is 6.44. The van der Waals surface area contributed by atoms with Crippen molar-refractivity contribution in [1.82, 2.24) is 15.5 Å². The Morgan fingerprint density at radius 1 is 1.47 bits per heavy atom. The van der Waals surface area contributed by atoms with Gasteiger partial charge in [-0.3, -0.25) is 0 Å². The summed E-state index contributed by atoms with van der Waals surface area (Å²) < 4.78 is 10.8. The third kappa shape index (κ3) is 2.21. The molecule has 1 N–H and O–H groups in total. The molecule has 94 valence electrons. The van der Waals surface area contributed by atoms with Crippen molar-refractivity contribution in [1.29, 1.82) is 0 Å². The van der Waals surface area contributed by atoms with E-state index in [0.29, 0.717) is 0 Å². The van der Waals surface area contributed by atoms with Crippen LogP contribution >= 0.6 is 0 Å². The molecule has 1 aromatic rings. The van der Waals surface area contributed by atoms with Gasteiger partial charge in [0.1, 0.15) is 5.60 Å². The van der Waals surface area contributed by atoms with Gasteiger partial charge in [-0.2, -0.15) is 4.98 Å². The van der Waals surface area contributed by atoms with E-state index in [2.05, 4.69) is 15.5 Å². The Balaban J connectivity index is 1.57. The monoisotopic (exact) mass is 237 g/mol. The van der Waals surface area contributed by atoms with Gasteiger partial charge in [-0.1, -0.05) is 5.16 Å². The summed E-state index contributed by atoms with van der Waals surface area (Å²) in [5.74, 6) is 1.45. The Bertz CT molecular complexity index is 377. The molecule has 1 heterocycles. The number of hydrogen-bond acceptors (Lipinski definition) is 5. The fourth-order valence-corrected chi connectivity index (χ4v) is 2.23. The molecule has 5 heteroatoms. The van der Waals surface area contributed by atoms with Crippen LogP contribution < -0.4 is 5.32 Å². The van der Waals surface area contributed by atoms with Gasteiger partial charge < -0.3 is 14.6 Å². The Kier molecular flexibility index (Phi) is 2.88. The molecule has 0 amide bonds. The van der Waals surface area contributed by atoms with E-state index in [0.717, 1.165) is 43.6 Å². The van der Waals surface area contributed by atoms with E-state index in [1.807, 2.05) is 0 Å². The van der Waals surface area contributed by atoms with Crippen molar-refractivity contribution in [2.75, 3.05) is 13.7 Å². The topological polar surface area (TPSA) is 60.2 Å². The predicted octanol–water partition coefficient (Wildman–Crippen LogP) is 1.39. The lowest BCUT2D eigenvalue weighted by molar-refractivity contribution is -0.0858. The van der Waals surface area contributed by atoms with Gasteiger partial charge in [0.05, 0.1) is 0 Å². The number of nitrogens with one attached hydrogen (secondary N) is 1. The second kappa shape index (κ2) is 4.38. The summed E-state index contributed by atoms with van der Waals surface area (Å²) in [7, 11) is 1.73. The van der Waals surface area contributed by atoms with Gasteiger partial charge in [-0.05, 0) is 32.1 Å². The molecule has 17 heavy (non-hydrogen) atoms. The van der Waals surface area contributed by atoms with Crippen molar-refractivity contribution in [3.8, 4) is 0 Å². The molecular formula is C12H19N3O2. The van der Waals surface area contributed by atoms with Crippen LogP contribution in [0.25, 0.3) is 0 Å². The molecule has 0 aromatic carbocycles. The molecule has 0 aliphatic heterocycles. The highest BCUT2D eigenvalue weighted by molar-refractivity contribution is 5.06. The molecule has 0 spiro atoms. The molecule has 5 nitrogen and oxygen atoms in total. The fraction of sp³-hybridized carbons (Fsp3) is 0.833. The van der Waals surface area contributed by atoms with Crippen molar-refractivity contribution in [3.05, 3.63) is 11.7 Å². The van der Waals surface area contributed by atoms with E-state index in [9.17, 15) is 0 Å². The number of methoxy groups -OCH3 is 1. The third-order valence-electron chi connectivity index (χ3n) is 3.78. The van der Waals surface area contributed by atoms with Crippen LogP contribution in [0.1, 0.15) is 43.8 Å². The highest BCUT2D eigenvalue weighted by Gasteiger charge is 2.43. The second-order valence-corrected chi connectivity index (χ2v) is 5.04. The number of rotatable bonds is 6. The van der Waals surface area contributed by atoms with Gasteiger partial charge in [0.2, 0.25) is 11.7 Å². The van der Waals surface area contributed by atoms with Crippen LogP contribution in [0.15, 0.2) is 4.52 Å². The van der Waals surface area contributed by atoms with Gasteiger partial charge in [0.15, 0.2) is 0 Å². The predicted molar refractivity (Wildman–Crippen MR) is 61.6 cm³/mol. The lowest BCUT2D eigenvalue weighted by Gasteiger charge is -2.37. The average molecular weight is 237 g/mol. The molecule has 3 rings (SSSR count). The molecule has 2 aliphatic carbocycles. The lowest BCUT2D eigenvalue weighted by atomic mass is 9.79. The maximum atomic E-state index is 5.53. The highest BCUT2D eigenvalue weighted by Crippen LogP contribution is 2.42. The van der Waals surface area contributed by atoms with Crippen molar-refractivity contribution in [2.24, 2.45) is 0 Å². The Labute approximate surface area is 101 Å². The first-order valence-electron chi connectivity index (χ1n) is 6.44. The summed E-state index contributed by atoms with van der Waals surface area (Å²) in [5, 5.41) is 7.49. The largest absolute Gasteiger partial charge is 0.370 e. The summed E-state index contributed by atoms with van der Waals surface area (Å²) in [4.78, 5) is 4.45. The van der Waals surface area contributed by atoms with E-state index < -0.39 is 0 Å². The maximum Gasteiger partial charge on any atom is 0.228 e. The first-order chi connectivity index (χ1) is 8.32. The molecule has 0 unspecified atom stereocenters. The van der Waals surface area contributed by atoms with Crippen LogP contribution in [-0.4, -0.2) is 29.8 Å². The highest BCUT2D eigenvalue weighted by atomic mass is 16.5. The van der Waals surface area contributed by atoms with Crippen LogP contribution in [0, 0.1) is 0 Å². The van der Waals surface area contributed by atoms with Crippen molar-refractivity contribution in [3.63, 3.8) is 0 Å². The van der Waals surface area contributed by atoms with Gasteiger partial charge in [-0.25, -0.2) is 0 Å². The summed E-state index contributed by atoms with van der Waals surface area (Å²) in [6.07, 6.45) is 6.61. The summed E-state index contributed by atoms with van der Waals surface area (Å²) in [5.41, 5.74) is -0.258. The lowest BCUT2D eigenvalue weighted by Crippen LogP contribution is -2.37. The normalized spacial score (nSPS) is 22.4. The number of ether oxygens (including phenoxy) is 1. The molecule has 2 saturated carbocycles. The molecule has 2 fully saturated rings. The third-order valence-corrected chi connectivity index (χ3v) is 3.78. The Morgan fingerprint density at radius 3 is 2.88 bits per heavy atom. The molecular weight excluding hydrogens is 218 g/mol. The molecule has 2 aliphatic rings. The number of aromatic nitrogens is 2. The van der Waals surface area contributed by atoms with Crippen LogP contribution in [0.5, 0.6) is 0 Å². The number of hydrogen-bond donors (Lipinski definition) is 1. The zero-order valence-corrected chi connectivity index (χ0v) is 10.2. The van der Waals surface area contributed by atoms with Crippen LogP contribution in [0.4, 0.5) is 0 Å². The quantitative estimate of drug-likeness (QED) is 0.810. The zero-order valence-electron chi connectivity index (χ0n) is 10.2.